The molecule has 1 aromatic rings. The minimum Gasteiger partial charge on any atom is -0.351 e. The van der Waals surface area contributed by atoms with E-state index in [0.29, 0.717) is 26.9 Å². The Balaban J connectivity index is 1.84. The van der Waals surface area contributed by atoms with Crippen LogP contribution in [-0.2, 0) is 0 Å². The molecule has 1 heterocycles. The van der Waals surface area contributed by atoms with E-state index in [-0.39, 0.29) is 5.91 Å². The molecule has 0 bridgehead atoms. The molecular formula is C12H15Cl2NOS. The van der Waals surface area contributed by atoms with Crippen molar-refractivity contribution in [2.24, 2.45) is 11.8 Å². The van der Waals surface area contributed by atoms with Crippen LogP contribution in [0.3, 0.4) is 0 Å². The highest BCUT2D eigenvalue weighted by Crippen LogP contribution is 2.32. The summed E-state index contributed by atoms with van der Waals surface area (Å²) in [7, 11) is 0. The van der Waals surface area contributed by atoms with E-state index in [0.717, 1.165) is 6.54 Å². The number of alkyl halides is 1. The predicted molar refractivity (Wildman–Crippen MR) is 73.2 cm³/mol. The smallest absolute Gasteiger partial charge is 0.261 e. The third-order valence-electron chi connectivity index (χ3n) is 3.34. The number of hydrogen-bond acceptors (Lipinski definition) is 2. The van der Waals surface area contributed by atoms with Gasteiger partial charge in [0, 0.05) is 12.4 Å². The first-order valence-electron chi connectivity index (χ1n) is 5.80. The molecule has 0 saturated heterocycles. The summed E-state index contributed by atoms with van der Waals surface area (Å²) >= 11 is 13.0. The van der Waals surface area contributed by atoms with Crippen molar-refractivity contribution in [2.75, 3.05) is 12.4 Å². The highest BCUT2D eigenvalue weighted by atomic mass is 35.5. The van der Waals surface area contributed by atoms with Gasteiger partial charge in [0.05, 0.1) is 9.21 Å². The molecule has 2 atom stereocenters. The molecule has 1 N–H and O–H groups in total. The Labute approximate surface area is 115 Å². The van der Waals surface area contributed by atoms with E-state index in [1.165, 1.54) is 30.6 Å². The molecule has 0 radical (unpaired) electrons. The van der Waals surface area contributed by atoms with Crippen LogP contribution in [0.5, 0.6) is 0 Å². The number of halogens is 2. The lowest BCUT2D eigenvalue weighted by Crippen LogP contribution is -2.30. The Bertz CT molecular complexity index is 394. The fourth-order valence-electron chi connectivity index (χ4n) is 2.33. The minimum atomic E-state index is -0.0258. The predicted octanol–water partition coefficient (Wildman–Crippen LogP) is 3.79. The maximum Gasteiger partial charge on any atom is 0.261 e. The SMILES string of the molecule is O=C(NCC1CCCC1CCl)c1ccc(Cl)s1. The number of carbonyl (C=O) groups is 1. The van der Waals surface area contributed by atoms with Gasteiger partial charge in [0.1, 0.15) is 0 Å². The lowest BCUT2D eigenvalue weighted by molar-refractivity contribution is 0.0949. The van der Waals surface area contributed by atoms with Crippen molar-refractivity contribution in [3.8, 4) is 0 Å². The lowest BCUT2D eigenvalue weighted by atomic mass is 9.98. The summed E-state index contributed by atoms with van der Waals surface area (Å²) < 4.78 is 0.648. The second-order valence-electron chi connectivity index (χ2n) is 4.42. The molecule has 17 heavy (non-hydrogen) atoms. The van der Waals surface area contributed by atoms with Crippen molar-refractivity contribution in [3.05, 3.63) is 21.3 Å². The maximum atomic E-state index is 11.8. The number of hydrogen-bond donors (Lipinski definition) is 1. The zero-order chi connectivity index (χ0) is 12.3. The largest absolute Gasteiger partial charge is 0.351 e. The second-order valence-corrected chi connectivity index (χ2v) is 6.44. The van der Waals surface area contributed by atoms with Crippen molar-refractivity contribution in [1.29, 1.82) is 0 Å². The summed E-state index contributed by atoms with van der Waals surface area (Å²) in [5.41, 5.74) is 0. The van der Waals surface area contributed by atoms with Crippen molar-refractivity contribution in [3.63, 3.8) is 0 Å². The molecule has 1 aliphatic rings. The topological polar surface area (TPSA) is 29.1 Å². The van der Waals surface area contributed by atoms with Crippen LogP contribution in [-0.4, -0.2) is 18.3 Å². The lowest BCUT2D eigenvalue weighted by Gasteiger charge is -2.17. The van der Waals surface area contributed by atoms with Gasteiger partial charge in [-0.15, -0.1) is 22.9 Å². The molecule has 2 nitrogen and oxygen atoms in total. The molecular weight excluding hydrogens is 277 g/mol. The van der Waals surface area contributed by atoms with Crippen molar-refractivity contribution >= 4 is 40.4 Å². The summed E-state index contributed by atoms with van der Waals surface area (Å²) in [6.45, 7) is 0.728. The van der Waals surface area contributed by atoms with Gasteiger partial charge in [-0.05, 0) is 36.8 Å². The number of rotatable bonds is 4. The van der Waals surface area contributed by atoms with Crippen LogP contribution in [0.15, 0.2) is 12.1 Å². The van der Waals surface area contributed by atoms with Crippen molar-refractivity contribution in [2.45, 2.75) is 19.3 Å². The molecule has 0 aromatic carbocycles. The molecule has 0 spiro atoms. The first-order valence-corrected chi connectivity index (χ1v) is 7.53. The van der Waals surface area contributed by atoms with Gasteiger partial charge >= 0.3 is 0 Å². The number of carbonyl (C=O) groups excluding carboxylic acids is 1. The van der Waals surface area contributed by atoms with Gasteiger partial charge in [-0.1, -0.05) is 18.0 Å². The van der Waals surface area contributed by atoms with E-state index in [9.17, 15) is 4.79 Å². The first-order chi connectivity index (χ1) is 8.20. The normalized spacial score (nSPS) is 23.9. The molecule has 5 heteroatoms. The quantitative estimate of drug-likeness (QED) is 0.841. The van der Waals surface area contributed by atoms with Crippen LogP contribution in [0.25, 0.3) is 0 Å². The Morgan fingerprint density at radius 3 is 2.82 bits per heavy atom. The molecule has 0 aliphatic heterocycles. The number of amides is 1. The van der Waals surface area contributed by atoms with Gasteiger partial charge in [0.15, 0.2) is 0 Å². The molecule has 94 valence electrons. The average Bonchev–Trinajstić information content (AvgIpc) is 2.94. The average molecular weight is 292 g/mol. The van der Waals surface area contributed by atoms with Crippen LogP contribution in [0.4, 0.5) is 0 Å². The van der Waals surface area contributed by atoms with Crippen LogP contribution in [0, 0.1) is 11.8 Å². The van der Waals surface area contributed by atoms with Gasteiger partial charge in [-0.25, -0.2) is 0 Å². The maximum absolute atomic E-state index is 11.8. The van der Waals surface area contributed by atoms with E-state index in [1.807, 2.05) is 0 Å². The molecule has 1 fully saturated rings. The highest BCUT2D eigenvalue weighted by molar-refractivity contribution is 7.17. The van der Waals surface area contributed by atoms with Gasteiger partial charge in [0.25, 0.3) is 5.91 Å². The number of nitrogens with one attached hydrogen (secondary N) is 1. The third kappa shape index (κ3) is 3.36. The fourth-order valence-corrected chi connectivity index (χ4v) is 3.70. The first kappa shape index (κ1) is 13.2. The molecule has 1 aromatic heterocycles. The Morgan fingerprint density at radius 1 is 1.41 bits per heavy atom. The fraction of sp³-hybridized carbons (Fsp3) is 0.583. The standard InChI is InChI=1S/C12H15Cl2NOS/c13-6-8-2-1-3-9(8)7-15-12(16)10-4-5-11(14)17-10/h4-5,8-9H,1-3,6-7H2,(H,15,16). The zero-order valence-corrected chi connectivity index (χ0v) is 11.7. The Morgan fingerprint density at radius 2 is 2.18 bits per heavy atom. The van der Waals surface area contributed by atoms with Gasteiger partial charge in [0.2, 0.25) is 0 Å². The summed E-state index contributed by atoms with van der Waals surface area (Å²) in [5.74, 6) is 1.77. The van der Waals surface area contributed by atoms with Crippen LogP contribution in [0.2, 0.25) is 4.34 Å². The Kier molecular flexibility index (Phi) is 4.71. The Hall–Kier alpha value is -0.250. The molecule has 1 saturated carbocycles. The monoisotopic (exact) mass is 291 g/mol. The van der Waals surface area contributed by atoms with Gasteiger partial charge < -0.3 is 5.32 Å². The summed E-state index contributed by atoms with van der Waals surface area (Å²) in [6.07, 6.45) is 3.58. The van der Waals surface area contributed by atoms with E-state index in [1.54, 1.807) is 12.1 Å². The minimum absolute atomic E-state index is 0.0258. The van der Waals surface area contributed by atoms with Crippen molar-refractivity contribution in [1.82, 2.24) is 5.32 Å². The van der Waals surface area contributed by atoms with Gasteiger partial charge in [-0.2, -0.15) is 0 Å². The molecule has 1 amide bonds. The van der Waals surface area contributed by atoms with E-state index in [4.69, 9.17) is 23.2 Å². The molecule has 2 rings (SSSR count). The summed E-state index contributed by atoms with van der Waals surface area (Å²) in [4.78, 5) is 12.5. The summed E-state index contributed by atoms with van der Waals surface area (Å²) in [6, 6.07) is 3.51. The second kappa shape index (κ2) is 6.07. The van der Waals surface area contributed by atoms with Gasteiger partial charge in [-0.3, -0.25) is 4.79 Å². The van der Waals surface area contributed by atoms with Crippen LogP contribution < -0.4 is 5.32 Å². The third-order valence-corrected chi connectivity index (χ3v) is 4.96. The van der Waals surface area contributed by atoms with E-state index < -0.39 is 0 Å². The molecule has 2 unspecified atom stereocenters. The highest BCUT2D eigenvalue weighted by Gasteiger charge is 2.26. The van der Waals surface area contributed by atoms with Crippen LogP contribution >= 0.6 is 34.5 Å². The van der Waals surface area contributed by atoms with Crippen LogP contribution in [0.1, 0.15) is 28.9 Å². The zero-order valence-electron chi connectivity index (χ0n) is 9.42. The number of thiophene rings is 1. The van der Waals surface area contributed by atoms with Crippen molar-refractivity contribution < 1.29 is 4.79 Å². The van der Waals surface area contributed by atoms with E-state index >= 15 is 0 Å². The van der Waals surface area contributed by atoms with E-state index in [2.05, 4.69) is 5.32 Å². The molecule has 1 aliphatic carbocycles. The summed E-state index contributed by atoms with van der Waals surface area (Å²) in [5, 5.41) is 2.97.